The molecule has 188 valence electrons. The van der Waals surface area contributed by atoms with Crippen molar-refractivity contribution in [2.24, 2.45) is 0 Å². The van der Waals surface area contributed by atoms with Crippen LogP contribution in [0.3, 0.4) is 0 Å². The van der Waals surface area contributed by atoms with E-state index in [1.54, 1.807) is 16.7 Å². The van der Waals surface area contributed by atoms with E-state index in [1.807, 2.05) is 68.4 Å². The maximum Gasteiger partial charge on any atom is 0.244 e. The molecule has 2 aliphatic rings. The molecular formula is C28H32N4O3S. The Labute approximate surface area is 213 Å². The van der Waals surface area contributed by atoms with Crippen molar-refractivity contribution in [2.45, 2.75) is 37.6 Å². The molecule has 5 rings (SSSR count). The number of pyridine rings is 1. The number of rotatable bonds is 5. The summed E-state index contributed by atoms with van der Waals surface area (Å²) in [6.45, 7) is 5.76. The fraction of sp³-hybridized carbons (Fsp3) is 0.357. The highest BCUT2D eigenvalue weighted by molar-refractivity contribution is 7.92. The van der Waals surface area contributed by atoms with Crippen molar-refractivity contribution in [2.75, 3.05) is 35.5 Å². The third-order valence-corrected chi connectivity index (χ3v) is 8.89. The Kier molecular flexibility index (Phi) is 6.12. The Morgan fingerprint density at radius 1 is 0.972 bits per heavy atom. The summed E-state index contributed by atoms with van der Waals surface area (Å²) in [4.78, 5) is 19.9. The zero-order chi connectivity index (χ0) is 25.6. The van der Waals surface area contributed by atoms with E-state index in [1.165, 1.54) is 6.26 Å². The highest BCUT2D eigenvalue weighted by Gasteiger charge is 2.49. The lowest BCUT2D eigenvalue weighted by molar-refractivity contribution is -0.127. The molecule has 0 atom stereocenters. The molecule has 0 unspecified atom stereocenters. The number of fused-ring (bicyclic) bond motifs is 2. The third kappa shape index (κ3) is 4.40. The predicted octanol–water partition coefficient (Wildman–Crippen LogP) is 4.28. The molecule has 1 fully saturated rings. The lowest BCUT2D eigenvalue weighted by Crippen LogP contribution is -2.57. The van der Waals surface area contributed by atoms with E-state index in [0.717, 1.165) is 35.2 Å². The van der Waals surface area contributed by atoms with E-state index < -0.39 is 15.6 Å². The quantitative estimate of drug-likeness (QED) is 0.561. The van der Waals surface area contributed by atoms with Gasteiger partial charge in [0.25, 0.3) is 0 Å². The second-order valence-electron chi connectivity index (χ2n) is 10.4. The minimum atomic E-state index is -3.36. The van der Waals surface area contributed by atoms with Gasteiger partial charge in [-0.3, -0.25) is 19.0 Å². The minimum absolute atomic E-state index is 0.0879. The molecule has 1 aromatic heterocycles. The summed E-state index contributed by atoms with van der Waals surface area (Å²) in [5.74, 6) is -0.0879. The average Bonchev–Trinajstić information content (AvgIpc) is 3.19. The van der Waals surface area contributed by atoms with Crippen molar-refractivity contribution in [3.63, 3.8) is 0 Å². The number of hydrogen-bond donors (Lipinski definition) is 1. The topological polar surface area (TPSA) is 82.6 Å². The molecule has 0 saturated carbocycles. The van der Waals surface area contributed by atoms with E-state index >= 15 is 0 Å². The van der Waals surface area contributed by atoms with Gasteiger partial charge in [0, 0.05) is 36.8 Å². The Balaban J connectivity index is 1.30. The minimum Gasteiger partial charge on any atom is -0.323 e. The Bertz CT molecular complexity index is 1380. The zero-order valence-corrected chi connectivity index (χ0v) is 21.8. The number of amides is 1. The molecule has 1 N–H and O–H groups in total. The van der Waals surface area contributed by atoms with Crippen LogP contribution < -0.4 is 9.62 Å². The summed E-state index contributed by atoms with van der Waals surface area (Å²) in [5, 5.41) is 3.06. The number of likely N-dealkylation sites (tertiary alicyclic amines) is 1. The number of nitrogens with one attached hydrogen (secondary N) is 1. The number of sulfonamides is 1. The van der Waals surface area contributed by atoms with Crippen LogP contribution >= 0.6 is 0 Å². The SMILES string of the molecule is CC(C)(C(=O)Nc1cncc(-c2ccccc2)c1)N1CCC2(CC1)CN(S(C)(=O)=O)c1ccccc12. The summed E-state index contributed by atoms with van der Waals surface area (Å²) < 4.78 is 26.5. The van der Waals surface area contributed by atoms with Gasteiger partial charge < -0.3 is 5.32 Å². The van der Waals surface area contributed by atoms with E-state index in [-0.39, 0.29) is 11.3 Å². The van der Waals surface area contributed by atoms with E-state index in [2.05, 4.69) is 21.3 Å². The van der Waals surface area contributed by atoms with E-state index in [0.29, 0.717) is 25.3 Å². The first kappa shape index (κ1) is 24.5. The second-order valence-corrected chi connectivity index (χ2v) is 12.3. The van der Waals surface area contributed by atoms with Gasteiger partial charge in [-0.15, -0.1) is 0 Å². The molecule has 3 heterocycles. The molecular weight excluding hydrogens is 472 g/mol. The number of carbonyl (C=O) groups is 1. The first-order chi connectivity index (χ1) is 17.1. The van der Waals surface area contributed by atoms with Crippen LogP contribution in [0, 0.1) is 0 Å². The first-order valence-electron chi connectivity index (χ1n) is 12.2. The van der Waals surface area contributed by atoms with Crippen LogP contribution in [0.5, 0.6) is 0 Å². The molecule has 7 nitrogen and oxygen atoms in total. The summed E-state index contributed by atoms with van der Waals surface area (Å²) in [5.41, 5.74) is 3.58. The normalized spacial score (nSPS) is 17.7. The van der Waals surface area contributed by atoms with Gasteiger partial charge in [-0.2, -0.15) is 0 Å². The number of para-hydroxylation sites is 1. The highest BCUT2D eigenvalue weighted by atomic mass is 32.2. The molecule has 1 amide bonds. The lowest BCUT2D eigenvalue weighted by atomic mass is 9.73. The van der Waals surface area contributed by atoms with Crippen molar-refractivity contribution < 1.29 is 13.2 Å². The second kappa shape index (κ2) is 9.01. The average molecular weight is 505 g/mol. The Morgan fingerprint density at radius 3 is 2.33 bits per heavy atom. The van der Waals surface area contributed by atoms with Gasteiger partial charge in [-0.25, -0.2) is 8.42 Å². The Morgan fingerprint density at radius 2 is 1.64 bits per heavy atom. The molecule has 1 saturated heterocycles. The number of piperidine rings is 1. The molecule has 8 heteroatoms. The van der Waals surface area contributed by atoms with Crippen LogP contribution in [-0.4, -0.2) is 55.6 Å². The maximum absolute atomic E-state index is 13.4. The predicted molar refractivity (Wildman–Crippen MR) is 143 cm³/mol. The zero-order valence-electron chi connectivity index (χ0n) is 20.9. The van der Waals surface area contributed by atoms with Crippen molar-refractivity contribution in [1.82, 2.24) is 9.88 Å². The number of hydrogen-bond acceptors (Lipinski definition) is 5. The molecule has 0 aliphatic carbocycles. The van der Waals surface area contributed by atoms with E-state index in [4.69, 9.17) is 0 Å². The van der Waals surface area contributed by atoms with Crippen LogP contribution in [-0.2, 0) is 20.2 Å². The standard InChI is InChI=1S/C28H32N4O3S/c1-27(2,26(33)30-23-17-22(18-29-19-23)21-9-5-4-6-10-21)31-15-13-28(14-16-31)20-32(36(3,34)35)25-12-8-7-11-24(25)28/h4-12,17-19H,13-16,20H2,1-3H3,(H,30,33). The van der Waals surface area contributed by atoms with Gasteiger partial charge in [0.05, 0.1) is 29.4 Å². The monoisotopic (exact) mass is 504 g/mol. The lowest BCUT2D eigenvalue weighted by Gasteiger charge is -2.45. The van der Waals surface area contributed by atoms with Crippen LogP contribution in [0.2, 0.25) is 0 Å². The molecule has 36 heavy (non-hydrogen) atoms. The number of aromatic nitrogens is 1. The number of nitrogens with zero attached hydrogens (tertiary/aromatic N) is 3. The number of benzene rings is 2. The van der Waals surface area contributed by atoms with Gasteiger partial charge in [-0.05, 0) is 49.9 Å². The van der Waals surface area contributed by atoms with Gasteiger partial charge in [0.15, 0.2) is 0 Å². The van der Waals surface area contributed by atoms with Crippen LogP contribution in [0.25, 0.3) is 11.1 Å². The van der Waals surface area contributed by atoms with Crippen LogP contribution in [0.4, 0.5) is 11.4 Å². The molecule has 2 aromatic carbocycles. The Hall–Kier alpha value is -3.23. The van der Waals surface area contributed by atoms with Gasteiger partial charge >= 0.3 is 0 Å². The van der Waals surface area contributed by atoms with Gasteiger partial charge in [0.1, 0.15) is 0 Å². The van der Waals surface area contributed by atoms with Gasteiger partial charge in [0.2, 0.25) is 15.9 Å². The smallest absolute Gasteiger partial charge is 0.244 e. The fourth-order valence-corrected chi connectivity index (χ4v) is 6.52. The van der Waals surface area contributed by atoms with E-state index in [9.17, 15) is 13.2 Å². The summed E-state index contributed by atoms with van der Waals surface area (Å²) in [6.07, 6.45) is 6.31. The number of carbonyl (C=O) groups excluding carboxylic acids is 1. The van der Waals surface area contributed by atoms with Crippen LogP contribution in [0.1, 0.15) is 32.3 Å². The number of anilines is 2. The highest BCUT2D eigenvalue weighted by Crippen LogP contribution is 2.48. The molecule has 0 radical (unpaired) electrons. The molecule has 3 aromatic rings. The first-order valence-corrected chi connectivity index (χ1v) is 14.1. The molecule has 2 aliphatic heterocycles. The molecule has 0 bridgehead atoms. The summed E-state index contributed by atoms with van der Waals surface area (Å²) in [6, 6.07) is 19.7. The molecule has 1 spiro atoms. The van der Waals surface area contributed by atoms with Crippen molar-refractivity contribution >= 4 is 27.3 Å². The largest absolute Gasteiger partial charge is 0.323 e. The third-order valence-electron chi connectivity index (χ3n) is 7.76. The summed E-state index contributed by atoms with van der Waals surface area (Å²) in [7, 11) is -3.36. The van der Waals surface area contributed by atoms with Crippen molar-refractivity contribution in [3.8, 4) is 11.1 Å². The van der Waals surface area contributed by atoms with Crippen LogP contribution in [0.15, 0.2) is 73.1 Å². The van der Waals surface area contributed by atoms with Crippen molar-refractivity contribution in [1.29, 1.82) is 0 Å². The maximum atomic E-state index is 13.4. The van der Waals surface area contributed by atoms with Gasteiger partial charge in [-0.1, -0.05) is 48.5 Å². The summed E-state index contributed by atoms with van der Waals surface area (Å²) >= 11 is 0. The fourth-order valence-electron chi connectivity index (χ4n) is 5.53. The van der Waals surface area contributed by atoms with Crippen molar-refractivity contribution in [3.05, 3.63) is 78.6 Å².